The summed E-state index contributed by atoms with van der Waals surface area (Å²) in [6, 6.07) is 4.07. The summed E-state index contributed by atoms with van der Waals surface area (Å²) in [5.74, 6) is 0.446. The molecule has 1 heterocycles. The fourth-order valence-corrected chi connectivity index (χ4v) is 4.57. The van der Waals surface area contributed by atoms with Crippen molar-refractivity contribution in [3.05, 3.63) is 34.4 Å². The number of hydrogen-bond donors (Lipinski definition) is 2. The van der Waals surface area contributed by atoms with E-state index in [1.54, 1.807) is 0 Å². The van der Waals surface area contributed by atoms with Crippen LogP contribution < -0.4 is 10.6 Å². The van der Waals surface area contributed by atoms with Gasteiger partial charge in [-0.3, -0.25) is 0 Å². The molecule has 0 saturated carbocycles. The van der Waals surface area contributed by atoms with Crippen molar-refractivity contribution in [2.24, 2.45) is 5.92 Å². The van der Waals surface area contributed by atoms with Crippen molar-refractivity contribution in [3.63, 3.8) is 0 Å². The standard InChI is InChI=1S/C16H24N2O3S/c1-11-6-12(2)15(13(3)7-11)4-5-17-16(19)18-8-14-9-22(20,21)10-14/h6-7,14H,4-5,8-10H2,1-3H3,(H2,17,18,19). The van der Waals surface area contributed by atoms with Gasteiger partial charge in [0.1, 0.15) is 0 Å². The second-order valence-corrected chi connectivity index (χ2v) is 8.36. The number of carbonyl (C=O) groups excluding carboxylic acids is 1. The average molecular weight is 324 g/mol. The minimum absolute atomic E-state index is 0.0670. The Bertz CT molecular complexity index is 633. The van der Waals surface area contributed by atoms with Crippen molar-refractivity contribution in [2.75, 3.05) is 24.6 Å². The first-order chi connectivity index (χ1) is 10.3. The third-order valence-corrected chi connectivity index (χ3v) is 5.99. The van der Waals surface area contributed by atoms with Crippen molar-refractivity contribution in [3.8, 4) is 0 Å². The van der Waals surface area contributed by atoms with E-state index in [1.807, 2.05) is 0 Å². The van der Waals surface area contributed by atoms with Crippen LogP contribution in [-0.2, 0) is 16.3 Å². The molecule has 1 saturated heterocycles. The molecule has 2 rings (SSSR count). The van der Waals surface area contributed by atoms with Crippen LogP contribution in [-0.4, -0.2) is 39.0 Å². The number of sulfone groups is 1. The van der Waals surface area contributed by atoms with Crippen LogP contribution >= 0.6 is 0 Å². The Morgan fingerprint density at radius 2 is 1.73 bits per heavy atom. The van der Waals surface area contributed by atoms with E-state index in [0.29, 0.717) is 13.1 Å². The molecular formula is C16H24N2O3S. The van der Waals surface area contributed by atoms with Crippen molar-refractivity contribution in [2.45, 2.75) is 27.2 Å². The lowest BCUT2D eigenvalue weighted by Crippen LogP contribution is -2.46. The third kappa shape index (κ3) is 4.47. The minimum atomic E-state index is -2.82. The van der Waals surface area contributed by atoms with Gasteiger partial charge in [-0.05, 0) is 43.9 Å². The van der Waals surface area contributed by atoms with Crippen LogP contribution in [0.25, 0.3) is 0 Å². The number of rotatable bonds is 5. The Kier molecular flexibility index (Phi) is 5.11. The first kappa shape index (κ1) is 16.8. The topological polar surface area (TPSA) is 75.3 Å². The first-order valence-corrected chi connectivity index (χ1v) is 9.38. The number of carbonyl (C=O) groups is 1. The van der Waals surface area contributed by atoms with Crippen LogP contribution in [0.1, 0.15) is 22.3 Å². The van der Waals surface area contributed by atoms with E-state index in [-0.39, 0.29) is 23.5 Å². The molecule has 1 aromatic rings. The summed E-state index contributed by atoms with van der Waals surface area (Å²) in [6.07, 6.45) is 0.795. The van der Waals surface area contributed by atoms with Gasteiger partial charge in [-0.2, -0.15) is 0 Å². The maximum atomic E-state index is 11.7. The van der Waals surface area contributed by atoms with Crippen molar-refractivity contribution in [1.29, 1.82) is 0 Å². The van der Waals surface area contributed by atoms with Gasteiger partial charge in [0.2, 0.25) is 0 Å². The summed E-state index contributed by atoms with van der Waals surface area (Å²) in [7, 11) is -2.82. The summed E-state index contributed by atoms with van der Waals surface area (Å²) in [6.45, 7) is 7.25. The molecule has 0 spiro atoms. The van der Waals surface area contributed by atoms with E-state index in [1.165, 1.54) is 22.3 Å². The number of aryl methyl sites for hydroxylation is 3. The van der Waals surface area contributed by atoms with Crippen LogP contribution in [0.2, 0.25) is 0 Å². The fraction of sp³-hybridized carbons (Fsp3) is 0.562. The monoisotopic (exact) mass is 324 g/mol. The molecule has 5 nitrogen and oxygen atoms in total. The Morgan fingerprint density at radius 3 is 2.27 bits per heavy atom. The zero-order chi connectivity index (χ0) is 16.3. The molecule has 122 valence electrons. The molecule has 0 radical (unpaired) electrons. The summed E-state index contributed by atoms with van der Waals surface area (Å²) in [5, 5.41) is 5.56. The Hall–Kier alpha value is -1.56. The number of hydrogen-bond acceptors (Lipinski definition) is 3. The molecule has 1 aliphatic heterocycles. The number of amides is 2. The molecule has 0 aliphatic carbocycles. The SMILES string of the molecule is Cc1cc(C)c(CCNC(=O)NCC2CS(=O)(=O)C2)c(C)c1. The normalized spacial score (nSPS) is 16.9. The first-order valence-electron chi connectivity index (χ1n) is 7.55. The molecule has 2 N–H and O–H groups in total. The van der Waals surface area contributed by atoms with Gasteiger partial charge in [0, 0.05) is 19.0 Å². The highest BCUT2D eigenvalue weighted by molar-refractivity contribution is 7.92. The predicted molar refractivity (Wildman–Crippen MR) is 87.9 cm³/mol. The number of nitrogens with one attached hydrogen (secondary N) is 2. The van der Waals surface area contributed by atoms with Crippen molar-refractivity contribution in [1.82, 2.24) is 10.6 Å². The van der Waals surface area contributed by atoms with Crippen LogP contribution in [0.5, 0.6) is 0 Å². The number of benzene rings is 1. The van der Waals surface area contributed by atoms with E-state index >= 15 is 0 Å². The second-order valence-electron chi connectivity index (χ2n) is 6.21. The van der Waals surface area contributed by atoms with Crippen LogP contribution in [0.4, 0.5) is 4.79 Å². The zero-order valence-corrected chi connectivity index (χ0v) is 14.2. The maximum Gasteiger partial charge on any atom is 0.314 e. The van der Waals surface area contributed by atoms with Gasteiger partial charge < -0.3 is 10.6 Å². The van der Waals surface area contributed by atoms with E-state index in [4.69, 9.17) is 0 Å². The molecule has 6 heteroatoms. The lowest BCUT2D eigenvalue weighted by Gasteiger charge is -2.25. The van der Waals surface area contributed by atoms with Gasteiger partial charge in [-0.15, -0.1) is 0 Å². The van der Waals surface area contributed by atoms with Gasteiger partial charge in [-0.25, -0.2) is 13.2 Å². The molecule has 0 bridgehead atoms. The molecule has 0 unspecified atom stereocenters. The zero-order valence-electron chi connectivity index (χ0n) is 13.4. The molecule has 1 aliphatic rings. The van der Waals surface area contributed by atoms with Crippen LogP contribution in [0.15, 0.2) is 12.1 Å². The summed E-state index contributed by atoms with van der Waals surface area (Å²) in [5.41, 5.74) is 5.02. The highest BCUT2D eigenvalue weighted by Gasteiger charge is 2.33. The highest BCUT2D eigenvalue weighted by Crippen LogP contribution is 2.17. The van der Waals surface area contributed by atoms with Crippen LogP contribution in [0, 0.1) is 26.7 Å². The highest BCUT2D eigenvalue weighted by atomic mass is 32.2. The number of urea groups is 1. The molecular weight excluding hydrogens is 300 g/mol. The van der Waals surface area contributed by atoms with Gasteiger partial charge in [0.15, 0.2) is 9.84 Å². The Morgan fingerprint density at radius 1 is 1.14 bits per heavy atom. The lowest BCUT2D eigenvalue weighted by atomic mass is 9.97. The second kappa shape index (κ2) is 6.69. The molecule has 1 fully saturated rings. The summed E-state index contributed by atoms with van der Waals surface area (Å²) >= 11 is 0. The smallest absolute Gasteiger partial charge is 0.314 e. The van der Waals surface area contributed by atoms with E-state index in [2.05, 4.69) is 43.5 Å². The van der Waals surface area contributed by atoms with Gasteiger partial charge in [0.05, 0.1) is 11.5 Å². The Balaban J connectivity index is 1.71. The quantitative estimate of drug-likeness (QED) is 0.862. The Labute approximate surface area is 132 Å². The minimum Gasteiger partial charge on any atom is -0.338 e. The molecule has 22 heavy (non-hydrogen) atoms. The van der Waals surface area contributed by atoms with Crippen molar-refractivity contribution < 1.29 is 13.2 Å². The van der Waals surface area contributed by atoms with Gasteiger partial charge >= 0.3 is 6.03 Å². The third-order valence-electron chi connectivity index (χ3n) is 4.03. The molecule has 0 atom stereocenters. The molecule has 1 aromatic carbocycles. The van der Waals surface area contributed by atoms with E-state index < -0.39 is 9.84 Å². The van der Waals surface area contributed by atoms with Gasteiger partial charge in [-0.1, -0.05) is 17.7 Å². The average Bonchev–Trinajstić information content (AvgIpc) is 2.36. The molecule has 0 aromatic heterocycles. The lowest BCUT2D eigenvalue weighted by molar-refractivity contribution is 0.239. The van der Waals surface area contributed by atoms with Crippen LogP contribution in [0.3, 0.4) is 0 Å². The predicted octanol–water partition coefficient (Wildman–Crippen LogP) is 1.50. The van der Waals surface area contributed by atoms with E-state index in [0.717, 1.165) is 6.42 Å². The summed E-state index contributed by atoms with van der Waals surface area (Å²) < 4.78 is 22.1. The summed E-state index contributed by atoms with van der Waals surface area (Å²) in [4.78, 5) is 11.7. The maximum absolute atomic E-state index is 11.7. The fourth-order valence-electron chi connectivity index (χ4n) is 2.99. The van der Waals surface area contributed by atoms with E-state index in [9.17, 15) is 13.2 Å². The molecule has 2 amide bonds. The van der Waals surface area contributed by atoms with Gasteiger partial charge in [0.25, 0.3) is 0 Å². The largest absolute Gasteiger partial charge is 0.338 e. The van der Waals surface area contributed by atoms with Crippen molar-refractivity contribution >= 4 is 15.9 Å².